The molecule has 1 heterocycles. The standard InChI is InChI=1S/C13H10F2N2O2/c14-11-10(6-7-16-12(11)15)17-13(18)19-8-9-4-2-1-3-5-9/h1-7H,8H2,(H,16,17,18). The van der Waals surface area contributed by atoms with Crippen LogP contribution in [0.5, 0.6) is 0 Å². The van der Waals surface area contributed by atoms with Gasteiger partial charge < -0.3 is 4.74 Å². The molecule has 0 bridgehead atoms. The van der Waals surface area contributed by atoms with Gasteiger partial charge in [0.2, 0.25) is 5.82 Å². The van der Waals surface area contributed by atoms with Crippen molar-refractivity contribution in [1.82, 2.24) is 4.98 Å². The number of nitrogens with zero attached hydrogens (tertiary/aromatic N) is 1. The Hall–Kier alpha value is -2.50. The van der Waals surface area contributed by atoms with Gasteiger partial charge in [-0.2, -0.15) is 8.78 Å². The van der Waals surface area contributed by atoms with E-state index in [0.29, 0.717) is 0 Å². The maximum Gasteiger partial charge on any atom is 0.412 e. The number of anilines is 1. The molecule has 0 saturated heterocycles. The number of benzene rings is 1. The fourth-order valence-electron chi connectivity index (χ4n) is 1.38. The number of hydrogen-bond donors (Lipinski definition) is 1. The molecule has 0 saturated carbocycles. The van der Waals surface area contributed by atoms with E-state index in [1.54, 1.807) is 24.3 Å². The summed E-state index contributed by atoms with van der Waals surface area (Å²) in [5, 5.41) is 2.11. The molecule has 0 unspecified atom stereocenters. The molecule has 0 fully saturated rings. The van der Waals surface area contributed by atoms with Crippen molar-refractivity contribution in [3.63, 3.8) is 0 Å². The van der Waals surface area contributed by atoms with Gasteiger partial charge in [0, 0.05) is 6.20 Å². The van der Waals surface area contributed by atoms with E-state index < -0.39 is 17.9 Å². The van der Waals surface area contributed by atoms with E-state index in [9.17, 15) is 13.6 Å². The van der Waals surface area contributed by atoms with Gasteiger partial charge in [-0.3, -0.25) is 5.32 Å². The van der Waals surface area contributed by atoms with Gasteiger partial charge in [-0.1, -0.05) is 30.3 Å². The molecule has 1 aromatic heterocycles. The van der Waals surface area contributed by atoms with Crippen LogP contribution in [0.25, 0.3) is 0 Å². The lowest BCUT2D eigenvalue weighted by Gasteiger charge is -2.07. The van der Waals surface area contributed by atoms with Crippen LogP contribution in [0.15, 0.2) is 42.6 Å². The highest BCUT2D eigenvalue weighted by molar-refractivity contribution is 5.84. The van der Waals surface area contributed by atoms with Gasteiger partial charge in [-0.05, 0) is 11.6 Å². The lowest BCUT2D eigenvalue weighted by molar-refractivity contribution is 0.155. The number of carbonyl (C=O) groups is 1. The molecule has 6 heteroatoms. The van der Waals surface area contributed by atoms with Gasteiger partial charge in [0.1, 0.15) is 6.61 Å². The Bertz CT molecular complexity index is 576. The number of rotatable bonds is 3. The first-order valence-corrected chi connectivity index (χ1v) is 5.44. The SMILES string of the molecule is O=C(Nc1ccnc(F)c1F)OCc1ccccc1. The third-order valence-electron chi connectivity index (χ3n) is 2.30. The first-order valence-electron chi connectivity index (χ1n) is 5.44. The van der Waals surface area contributed by atoms with Crippen molar-refractivity contribution in [2.45, 2.75) is 6.61 Å². The van der Waals surface area contributed by atoms with Gasteiger partial charge in [0.05, 0.1) is 5.69 Å². The van der Waals surface area contributed by atoms with Crippen molar-refractivity contribution in [3.05, 3.63) is 59.9 Å². The number of nitrogens with one attached hydrogen (secondary N) is 1. The summed E-state index contributed by atoms with van der Waals surface area (Å²) in [5.41, 5.74) is 0.476. The number of aromatic nitrogens is 1. The molecule has 0 aliphatic carbocycles. The molecule has 4 nitrogen and oxygen atoms in total. The molecular formula is C13H10F2N2O2. The lowest BCUT2D eigenvalue weighted by Crippen LogP contribution is -2.15. The summed E-state index contributed by atoms with van der Waals surface area (Å²) >= 11 is 0. The van der Waals surface area contributed by atoms with E-state index in [1.165, 1.54) is 0 Å². The quantitative estimate of drug-likeness (QED) is 0.866. The van der Waals surface area contributed by atoms with Crippen LogP contribution in [0.2, 0.25) is 0 Å². The molecule has 19 heavy (non-hydrogen) atoms. The summed E-state index contributed by atoms with van der Waals surface area (Å²) in [6, 6.07) is 10.1. The van der Waals surface area contributed by atoms with E-state index in [1.807, 2.05) is 6.07 Å². The molecule has 2 aromatic rings. The predicted molar refractivity (Wildman–Crippen MR) is 64.4 cm³/mol. The second-order valence-corrected chi connectivity index (χ2v) is 3.65. The number of ether oxygens (including phenoxy) is 1. The molecular weight excluding hydrogens is 254 g/mol. The summed E-state index contributed by atoms with van der Waals surface area (Å²) in [7, 11) is 0. The predicted octanol–water partition coefficient (Wildman–Crippen LogP) is 3.11. The minimum Gasteiger partial charge on any atom is -0.444 e. The third kappa shape index (κ3) is 3.48. The molecule has 1 amide bonds. The Morgan fingerprint density at radius 2 is 1.95 bits per heavy atom. The first-order chi connectivity index (χ1) is 9.16. The average molecular weight is 264 g/mol. The van der Waals surface area contributed by atoms with Gasteiger partial charge in [-0.15, -0.1) is 0 Å². The van der Waals surface area contributed by atoms with Crippen LogP contribution in [0.3, 0.4) is 0 Å². The zero-order valence-electron chi connectivity index (χ0n) is 9.77. The van der Waals surface area contributed by atoms with Gasteiger partial charge in [0.25, 0.3) is 5.95 Å². The van der Waals surface area contributed by atoms with E-state index >= 15 is 0 Å². The largest absolute Gasteiger partial charge is 0.444 e. The fraction of sp³-hybridized carbons (Fsp3) is 0.0769. The number of carbonyl (C=O) groups excluding carboxylic acids is 1. The molecule has 0 aliphatic rings. The Morgan fingerprint density at radius 3 is 2.68 bits per heavy atom. The van der Waals surface area contributed by atoms with Gasteiger partial charge in [-0.25, -0.2) is 9.78 Å². The van der Waals surface area contributed by atoms with Crippen molar-refractivity contribution >= 4 is 11.8 Å². The van der Waals surface area contributed by atoms with Crippen molar-refractivity contribution in [2.75, 3.05) is 5.32 Å². The first kappa shape index (κ1) is 12.9. The second kappa shape index (κ2) is 5.90. The Balaban J connectivity index is 1.93. The monoisotopic (exact) mass is 264 g/mol. The van der Waals surface area contributed by atoms with Crippen LogP contribution in [0.4, 0.5) is 19.3 Å². The maximum atomic E-state index is 13.2. The molecule has 2 rings (SSSR count). The minimum absolute atomic E-state index is 0.0435. The summed E-state index contributed by atoms with van der Waals surface area (Å²) in [5.74, 6) is -2.50. The lowest BCUT2D eigenvalue weighted by atomic mass is 10.2. The summed E-state index contributed by atoms with van der Waals surface area (Å²) in [6.45, 7) is 0.0435. The zero-order chi connectivity index (χ0) is 13.7. The molecule has 1 N–H and O–H groups in total. The summed E-state index contributed by atoms with van der Waals surface area (Å²) < 4.78 is 30.9. The minimum atomic E-state index is -1.28. The van der Waals surface area contributed by atoms with Crippen molar-refractivity contribution < 1.29 is 18.3 Å². The number of pyridine rings is 1. The molecule has 0 aliphatic heterocycles. The zero-order valence-corrected chi connectivity index (χ0v) is 9.77. The van der Waals surface area contributed by atoms with E-state index in [0.717, 1.165) is 17.8 Å². The fourth-order valence-corrected chi connectivity index (χ4v) is 1.38. The van der Waals surface area contributed by atoms with Crippen molar-refractivity contribution in [2.24, 2.45) is 0 Å². The average Bonchev–Trinajstić information content (AvgIpc) is 2.43. The van der Waals surface area contributed by atoms with Crippen LogP contribution in [-0.4, -0.2) is 11.1 Å². The van der Waals surface area contributed by atoms with Gasteiger partial charge >= 0.3 is 6.09 Å². The molecule has 1 aromatic carbocycles. The smallest absolute Gasteiger partial charge is 0.412 e. The topological polar surface area (TPSA) is 51.2 Å². The number of hydrogen-bond acceptors (Lipinski definition) is 3. The van der Waals surface area contributed by atoms with Crippen LogP contribution < -0.4 is 5.32 Å². The normalized spacial score (nSPS) is 10.0. The van der Waals surface area contributed by atoms with Crippen LogP contribution >= 0.6 is 0 Å². The highest BCUT2D eigenvalue weighted by Gasteiger charge is 2.12. The maximum absolute atomic E-state index is 13.2. The summed E-state index contributed by atoms with van der Waals surface area (Å²) in [6.07, 6.45) is 0.180. The molecule has 0 atom stereocenters. The summed E-state index contributed by atoms with van der Waals surface area (Å²) in [4.78, 5) is 14.5. The van der Waals surface area contributed by atoms with Crippen molar-refractivity contribution in [3.8, 4) is 0 Å². The molecule has 0 radical (unpaired) electrons. The Morgan fingerprint density at radius 1 is 1.21 bits per heavy atom. The van der Waals surface area contributed by atoms with Crippen molar-refractivity contribution in [1.29, 1.82) is 0 Å². The van der Waals surface area contributed by atoms with Crippen LogP contribution in [0, 0.1) is 11.8 Å². The van der Waals surface area contributed by atoms with Gasteiger partial charge in [0.15, 0.2) is 0 Å². The Labute approximate surface area is 108 Å². The second-order valence-electron chi connectivity index (χ2n) is 3.65. The Kier molecular flexibility index (Phi) is 4.02. The van der Waals surface area contributed by atoms with Crippen LogP contribution in [0.1, 0.15) is 5.56 Å². The van der Waals surface area contributed by atoms with E-state index in [4.69, 9.17) is 4.74 Å². The molecule has 0 spiro atoms. The number of halogens is 2. The van der Waals surface area contributed by atoms with E-state index in [-0.39, 0.29) is 12.3 Å². The highest BCUT2D eigenvalue weighted by atomic mass is 19.2. The number of amides is 1. The third-order valence-corrected chi connectivity index (χ3v) is 2.30. The van der Waals surface area contributed by atoms with Crippen LogP contribution in [-0.2, 0) is 11.3 Å². The van der Waals surface area contributed by atoms with E-state index in [2.05, 4.69) is 10.3 Å². The molecule has 98 valence electrons. The highest BCUT2D eigenvalue weighted by Crippen LogP contribution is 2.14.